The van der Waals surface area contributed by atoms with Gasteiger partial charge >= 0.3 is 0 Å². The number of carbonyl (C=O) groups excluding carboxylic acids is 2. The summed E-state index contributed by atoms with van der Waals surface area (Å²) in [6.45, 7) is 5.64. The maximum Gasteiger partial charge on any atom is 0.253 e. The summed E-state index contributed by atoms with van der Waals surface area (Å²) < 4.78 is 16.1. The van der Waals surface area contributed by atoms with Crippen LogP contribution >= 0.6 is 0 Å². The van der Waals surface area contributed by atoms with E-state index < -0.39 is 0 Å². The summed E-state index contributed by atoms with van der Waals surface area (Å²) in [6.07, 6.45) is 0.906. The van der Waals surface area contributed by atoms with Gasteiger partial charge in [0.1, 0.15) is 17.2 Å². The number of likely N-dealkylation sites (tertiary alicyclic amines) is 1. The molecule has 0 spiro atoms. The van der Waals surface area contributed by atoms with Crippen LogP contribution in [-0.4, -0.2) is 57.7 Å². The van der Waals surface area contributed by atoms with E-state index in [1.165, 1.54) is 0 Å². The van der Waals surface area contributed by atoms with Crippen LogP contribution in [0.5, 0.6) is 17.2 Å². The molecule has 2 atom stereocenters. The zero-order valence-corrected chi connectivity index (χ0v) is 20.1. The molecule has 1 aliphatic heterocycles. The lowest BCUT2D eigenvalue weighted by molar-refractivity contribution is -0.124. The smallest absolute Gasteiger partial charge is 0.253 e. The molecule has 0 radical (unpaired) electrons. The number of carbonyl (C=O) groups is 2. The third kappa shape index (κ3) is 5.78. The Kier molecular flexibility index (Phi) is 8.20. The molecule has 1 heterocycles. The van der Waals surface area contributed by atoms with Crippen molar-refractivity contribution in [3.8, 4) is 17.2 Å². The molecule has 178 valence electrons. The molecule has 0 saturated carbocycles. The van der Waals surface area contributed by atoms with Crippen molar-refractivity contribution in [2.24, 2.45) is 11.8 Å². The standard InChI is InChI=1S/C26H34N2O5/c1-17(2)12-13-27-25(29)23-16-28(26(30)18-6-8-19(31-3)9-7-18)15-22(23)21-11-10-20(32-4)14-24(21)33-5/h6-11,14,17,22-23H,12-13,15-16H2,1-5H3,(H,27,29)/t22-,23+/m0/s1. The Morgan fingerprint density at radius 3 is 2.24 bits per heavy atom. The van der Waals surface area contributed by atoms with E-state index in [4.69, 9.17) is 14.2 Å². The van der Waals surface area contributed by atoms with E-state index in [9.17, 15) is 9.59 Å². The highest BCUT2D eigenvalue weighted by Crippen LogP contribution is 2.39. The van der Waals surface area contributed by atoms with Crippen molar-refractivity contribution in [2.75, 3.05) is 41.0 Å². The molecule has 2 aromatic carbocycles. The van der Waals surface area contributed by atoms with Gasteiger partial charge in [0.05, 0.1) is 27.2 Å². The fourth-order valence-electron chi connectivity index (χ4n) is 4.21. The van der Waals surface area contributed by atoms with Gasteiger partial charge in [0.2, 0.25) is 5.91 Å². The fourth-order valence-corrected chi connectivity index (χ4v) is 4.21. The fraction of sp³-hybridized carbons (Fsp3) is 0.462. The predicted molar refractivity (Wildman–Crippen MR) is 127 cm³/mol. The highest BCUT2D eigenvalue weighted by atomic mass is 16.5. The number of nitrogens with one attached hydrogen (secondary N) is 1. The number of amides is 2. The van der Waals surface area contributed by atoms with Crippen LogP contribution in [0.25, 0.3) is 0 Å². The summed E-state index contributed by atoms with van der Waals surface area (Å²) in [4.78, 5) is 28.2. The van der Waals surface area contributed by atoms with E-state index in [-0.39, 0.29) is 23.7 Å². The maximum absolute atomic E-state index is 13.3. The number of rotatable bonds is 9. The van der Waals surface area contributed by atoms with Gasteiger partial charge in [-0.05, 0) is 42.7 Å². The van der Waals surface area contributed by atoms with Crippen molar-refractivity contribution in [1.29, 1.82) is 0 Å². The topological polar surface area (TPSA) is 77.1 Å². The first-order valence-corrected chi connectivity index (χ1v) is 11.3. The lowest BCUT2D eigenvalue weighted by Gasteiger charge is -2.21. The molecule has 1 N–H and O–H groups in total. The van der Waals surface area contributed by atoms with Crippen molar-refractivity contribution in [3.05, 3.63) is 53.6 Å². The number of hydrogen-bond acceptors (Lipinski definition) is 5. The maximum atomic E-state index is 13.3. The molecule has 7 heteroatoms. The van der Waals surface area contributed by atoms with Gasteiger partial charge in [-0.25, -0.2) is 0 Å². The third-order valence-electron chi connectivity index (χ3n) is 6.14. The highest BCUT2D eigenvalue weighted by molar-refractivity contribution is 5.95. The quantitative estimate of drug-likeness (QED) is 0.625. The van der Waals surface area contributed by atoms with Gasteiger partial charge in [0, 0.05) is 42.7 Å². The Bertz CT molecular complexity index is 958. The summed E-state index contributed by atoms with van der Waals surface area (Å²) in [5.41, 5.74) is 1.46. The zero-order valence-electron chi connectivity index (χ0n) is 20.1. The van der Waals surface area contributed by atoms with Gasteiger partial charge in [-0.1, -0.05) is 19.9 Å². The Morgan fingerprint density at radius 2 is 1.64 bits per heavy atom. The molecule has 1 fully saturated rings. The van der Waals surface area contributed by atoms with Crippen LogP contribution in [0.15, 0.2) is 42.5 Å². The van der Waals surface area contributed by atoms with Crippen molar-refractivity contribution >= 4 is 11.8 Å². The molecule has 2 aromatic rings. The molecule has 2 amide bonds. The van der Waals surface area contributed by atoms with Crippen LogP contribution in [0, 0.1) is 11.8 Å². The number of ether oxygens (including phenoxy) is 3. The Morgan fingerprint density at radius 1 is 0.970 bits per heavy atom. The van der Waals surface area contributed by atoms with Crippen LogP contribution in [0.4, 0.5) is 0 Å². The number of methoxy groups -OCH3 is 3. The average Bonchev–Trinajstić information content (AvgIpc) is 3.28. The van der Waals surface area contributed by atoms with Gasteiger partial charge in [-0.15, -0.1) is 0 Å². The summed E-state index contributed by atoms with van der Waals surface area (Å²) >= 11 is 0. The minimum absolute atomic E-state index is 0.0384. The molecule has 0 unspecified atom stereocenters. The number of benzene rings is 2. The van der Waals surface area contributed by atoms with Crippen molar-refractivity contribution in [1.82, 2.24) is 10.2 Å². The van der Waals surface area contributed by atoms with Crippen LogP contribution in [0.2, 0.25) is 0 Å². The van der Waals surface area contributed by atoms with Crippen molar-refractivity contribution in [2.45, 2.75) is 26.2 Å². The lowest BCUT2D eigenvalue weighted by atomic mass is 9.87. The van der Waals surface area contributed by atoms with E-state index in [2.05, 4.69) is 19.2 Å². The summed E-state index contributed by atoms with van der Waals surface area (Å²) in [5, 5.41) is 3.07. The second-order valence-electron chi connectivity index (χ2n) is 8.73. The lowest BCUT2D eigenvalue weighted by Crippen LogP contribution is -2.36. The number of nitrogens with zero attached hydrogens (tertiary/aromatic N) is 1. The molecular formula is C26H34N2O5. The Balaban J connectivity index is 1.87. The Hall–Kier alpha value is -3.22. The van der Waals surface area contributed by atoms with Gasteiger partial charge in [0.25, 0.3) is 5.91 Å². The van der Waals surface area contributed by atoms with Gasteiger partial charge < -0.3 is 24.4 Å². The third-order valence-corrected chi connectivity index (χ3v) is 6.14. The molecule has 7 nitrogen and oxygen atoms in total. The largest absolute Gasteiger partial charge is 0.497 e. The first-order valence-electron chi connectivity index (χ1n) is 11.3. The molecule has 1 aliphatic rings. The minimum atomic E-state index is -0.373. The van der Waals surface area contributed by atoms with E-state index in [1.54, 1.807) is 50.5 Å². The second kappa shape index (κ2) is 11.1. The van der Waals surface area contributed by atoms with Gasteiger partial charge in [-0.3, -0.25) is 9.59 Å². The molecule has 0 bridgehead atoms. The van der Waals surface area contributed by atoms with Crippen molar-refractivity contribution in [3.63, 3.8) is 0 Å². The summed E-state index contributed by atoms with van der Waals surface area (Å²) in [7, 11) is 4.79. The monoisotopic (exact) mass is 454 g/mol. The van der Waals surface area contributed by atoms with E-state index in [0.29, 0.717) is 48.4 Å². The van der Waals surface area contributed by atoms with Gasteiger partial charge in [-0.2, -0.15) is 0 Å². The molecular weight excluding hydrogens is 420 g/mol. The molecule has 0 aromatic heterocycles. The highest BCUT2D eigenvalue weighted by Gasteiger charge is 2.41. The second-order valence-corrected chi connectivity index (χ2v) is 8.73. The molecule has 3 rings (SSSR count). The zero-order chi connectivity index (χ0) is 24.0. The van der Waals surface area contributed by atoms with E-state index in [1.807, 2.05) is 18.2 Å². The minimum Gasteiger partial charge on any atom is -0.497 e. The molecule has 1 saturated heterocycles. The van der Waals surface area contributed by atoms with Crippen molar-refractivity contribution < 1.29 is 23.8 Å². The van der Waals surface area contributed by atoms with Crippen LogP contribution < -0.4 is 19.5 Å². The van der Waals surface area contributed by atoms with Gasteiger partial charge in [0.15, 0.2) is 0 Å². The van der Waals surface area contributed by atoms with Crippen LogP contribution in [0.1, 0.15) is 42.1 Å². The average molecular weight is 455 g/mol. The van der Waals surface area contributed by atoms with E-state index >= 15 is 0 Å². The summed E-state index contributed by atoms with van der Waals surface area (Å²) in [5.74, 6) is 1.82. The molecule has 33 heavy (non-hydrogen) atoms. The summed E-state index contributed by atoms with van der Waals surface area (Å²) in [6, 6.07) is 12.6. The first-order chi connectivity index (χ1) is 15.9. The Labute approximate surface area is 196 Å². The van der Waals surface area contributed by atoms with Crippen LogP contribution in [-0.2, 0) is 4.79 Å². The SMILES string of the molecule is COc1ccc(C(=O)N2C[C@@H](C(=O)NCCC(C)C)[C@H](c3ccc(OC)cc3OC)C2)cc1. The predicted octanol–water partition coefficient (Wildman–Crippen LogP) is 3.73. The van der Waals surface area contributed by atoms with E-state index in [0.717, 1.165) is 12.0 Å². The normalized spacial score (nSPS) is 17.7. The van der Waals surface area contributed by atoms with Crippen LogP contribution in [0.3, 0.4) is 0 Å². The first kappa shape index (κ1) is 24.4. The number of hydrogen-bond donors (Lipinski definition) is 1. The molecule has 0 aliphatic carbocycles.